The van der Waals surface area contributed by atoms with Gasteiger partial charge in [-0.15, -0.1) is 0 Å². The Labute approximate surface area is 101 Å². The molecule has 0 radical (unpaired) electrons. The maximum absolute atomic E-state index is 12.1. The molecule has 0 heterocycles. The van der Waals surface area contributed by atoms with Crippen LogP contribution in [0.5, 0.6) is 0 Å². The van der Waals surface area contributed by atoms with Gasteiger partial charge in [0.25, 0.3) is 0 Å². The van der Waals surface area contributed by atoms with Crippen molar-refractivity contribution in [3.63, 3.8) is 0 Å². The molecule has 1 aliphatic rings. The zero-order chi connectivity index (χ0) is 13.3. The zero-order valence-electron chi connectivity index (χ0n) is 9.25. The number of carbonyl (C=O) groups is 2. The number of benzene rings is 1. The molecular formula is C12H10F3NO2. The number of carbonyl (C=O) groups excluding carboxylic acids is 2. The molecule has 18 heavy (non-hydrogen) atoms. The summed E-state index contributed by atoms with van der Waals surface area (Å²) in [6.45, 7) is 0. The first kappa shape index (κ1) is 12.6. The fourth-order valence-electron chi connectivity index (χ4n) is 1.98. The summed E-state index contributed by atoms with van der Waals surface area (Å²) in [5, 5.41) is 1.74. The number of Topliss-reactive ketones (excluding diaryl/α,β-unsaturated/α-hetero) is 1. The molecule has 3 nitrogen and oxygen atoms in total. The highest BCUT2D eigenvalue weighted by Crippen LogP contribution is 2.22. The quantitative estimate of drug-likeness (QED) is 0.834. The van der Waals surface area contributed by atoms with Crippen molar-refractivity contribution in [3.05, 3.63) is 35.4 Å². The Kier molecular flexibility index (Phi) is 3.11. The highest BCUT2D eigenvalue weighted by atomic mass is 19.4. The number of hydrogen-bond acceptors (Lipinski definition) is 2. The highest BCUT2D eigenvalue weighted by Gasteiger charge is 2.41. The van der Waals surface area contributed by atoms with E-state index in [1.165, 1.54) is 0 Å². The van der Waals surface area contributed by atoms with Crippen LogP contribution in [-0.4, -0.2) is 23.9 Å². The summed E-state index contributed by atoms with van der Waals surface area (Å²) in [4.78, 5) is 22.7. The Morgan fingerprint density at radius 1 is 1.28 bits per heavy atom. The lowest BCUT2D eigenvalue weighted by molar-refractivity contribution is -0.174. The second kappa shape index (κ2) is 4.44. The zero-order valence-corrected chi connectivity index (χ0v) is 9.25. The minimum absolute atomic E-state index is 0.192. The molecule has 0 aliphatic heterocycles. The van der Waals surface area contributed by atoms with Crippen LogP contribution in [0.4, 0.5) is 13.2 Å². The molecule has 0 saturated carbocycles. The van der Waals surface area contributed by atoms with E-state index < -0.39 is 23.9 Å². The minimum atomic E-state index is -4.96. The van der Waals surface area contributed by atoms with Crippen molar-refractivity contribution in [2.24, 2.45) is 0 Å². The number of halogens is 3. The van der Waals surface area contributed by atoms with Crippen molar-refractivity contribution in [3.8, 4) is 0 Å². The Balaban J connectivity index is 2.15. The molecule has 1 aliphatic carbocycles. The van der Waals surface area contributed by atoms with Crippen molar-refractivity contribution in [1.82, 2.24) is 5.32 Å². The molecule has 6 heteroatoms. The Hall–Kier alpha value is -1.85. The van der Waals surface area contributed by atoms with Gasteiger partial charge in [0.05, 0.1) is 6.04 Å². The average Bonchev–Trinajstić information content (AvgIpc) is 2.32. The summed E-state index contributed by atoms with van der Waals surface area (Å²) in [6, 6.07) is 5.64. The lowest BCUT2D eigenvalue weighted by Gasteiger charge is -2.24. The lowest BCUT2D eigenvalue weighted by Crippen LogP contribution is -2.48. The second-order valence-corrected chi connectivity index (χ2v) is 4.08. The van der Waals surface area contributed by atoms with Crippen molar-refractivity contribution < 1.29 is 22.8 Å². The Morgan fingerprint density at radius 3 is 2.61 bits per heavy atom. The molecule has 1 N–H and O–H groups in total. The fraction of sp³-hybridized carbons (Fsp3) is 0.333. The Morgan fingerprint density at radius 2 is 1.94 bits per heavy atom. The summed E-state index contributed by atoms with van der Waals surface area (Å²) >= 11 is 0. The first-order valence-corrected chi connectivity index (χ1v) is 5.39. The van der Waals surface area contributed by atoms with Crippen LogP contribution in [0.1, 0.15) is 22.3 Å². The molecule has 0 bridgehead atoms. The predicted molar refractivity (Wildman–Crippen MR) is 57.1 cm³/mol. The molecule has 0 fully saturated rings. The van der Waals surface area contributed by atoms with Gasteiger partial charge in [-0.25, -0.2) is 0 Å². The van der Waals surface area contributed by atoms with Gasteiger partial charge in [0, 0.05) is 5.56 Å². The van der Waals surface area contributed by atoms with Crippen LogP contribution >= 0.6 is 0 Å². The smallest absolute Gasteiger partial charge is 0.338 e. The number of fused-ring (bicyclic) bond motifs is 1. The van der Waals surface area contributed by atoms with E-state index in [1.807, 2.05) is 0 Å². The van der Waals surface area contributed by atoms with Crippen LogP contribution < -0.4 is 5.32 Å². The van der Waals surface area contributed by atoms with Crippen LogP contribution in [0.3, 0.4) is 0 Å². The Bertz CT molecular complexity index is 496. The standard InChI is InChI=1S/C12H10F3NO2/c13-12(14,15)11(18)16-9-6-5-7-3-1-2-4-8(7)10(9)17/h1-4,9H,5-6H2,(H,16,18)/t9-/m1/s1. The number of alkyl halides is 3. The summed E-state index contributed by atoms with van der Waals surface area (Å²) in [7, 11) is 0. The van der Waals surface area contributed by atoms with E-state index in [4.69, 9.17) is 0 Å². The van der Waals surface area contributed by atoms with Gasteiger partial charge < -0.3 is 5.32 Å². The van der Waals surface area contributed by atoms with E-state index >= 15 is 0 Å². The van der Waals surface area contributed by atoms with E-state index in [1.54, 1.807) is 29.6 Å². The van der Waals surface area contributed by atoms with Crippen molar-refractivity contribution in [1.29, 1.82) is 0 Å². The van der Waals surface area contributed by atoms with Gasteiger partial charge in [0.2, 0.25) is 0 Å². The van der Waals surface area contributed by atoms with Gasteiger partial charge in [0.15, 0.2) is 5.78 Å². The van der Waals surface area contributed by atoms with Gasteiger partial charge in [0.1, 0.15) is 0 Å². The van der Waals surface area contributed by atoms with Crippen LogP contribution in [0.25, 0.3) is 0 Å². The SMILES string of the molecule is O=C1c2ccccc2CC[C@H]1NC(=O)C(F)(F)F. The molecule has 1 amide bonds. The molecule has 1 aromatic rings. The van der Waals surface area contributed by atoms with Crippen LogP contribution in [0.15, 0.2) is 24.3 Å². The van der Waals surface area contributed by atoms with E-state index in [9.17, 15) is 22.8 Å². The molecule has 0 spiro atoms. The molecule has 96 valence electrons. The van der Waals surface area contributed by atoms with Crippen molar-refractivity contribution >= 4 is 11.7 Å². The van der Waals surface area contributed by atoms with Gasteiger partial charge in [-0.3, -0.25) is 9.59 Å². The maximum Gasteiger partial charge on any atom is 0.471 e. The maximum atomic E-state index is 12.1. The fourth-order valence-corrected chi connectivity index (χ4v) is 1.98. The van der Waals surface area contributed by atoms with Gasteiger partial charge in [-0.1, -0.05) is 24.3 Å². The molecule has 0 aromatic heterocycles. The van der Waals surface area contributed by atoms with Gasteiger partial charge >= 0.3 is 12.1 Å². The number of rotatable bonds is 1. The highest BCUT2D eigenvalue weighted by molar-refractivity contribution is 6.04. The third-order valence-electron chi connectivity index (χ3n) is 2.86. The first-order chi connectivity index (χ1) is 8.39. The normalized spacial score (nSPS) is 19.3. The first-order valence-electron chi connectivity index (χ1n) is 5.39. The predicted octanol–water partition coefficient (Wildman–Crippen LogP) is 1.86. The van der Waals surface area contributed by atoms with E-state index in [0.29, 0.717) is 12.0 Å². The van der Waals surface area contributed by atoms with Crippen molar-refractivity contribution in [2.45, 2.75) is 25.1 Å². The number of ketones is 1. The second-order valence-electron chi connectivity index (χ2n) is 4.08. The third-order valence-corrected chi connectivity index (χ3v) is 2.86. The molecule has 2 rings (SSSR count). The summed E-state index contributed by atoms with van der Waals surface area (Å²) in [5.74, 6) is -2.53. The lowest BCUT2D eigenvalue weighted by atomic mass is 9.87. The number of nitrogens with one attached hydrogen (secondary N) is 1. The number of amides is 1. The largest absolute Gasteiger partial charge is 0.471 e. The van der Waals surface area contributed by atoms with E-state index in [2.05, 4.69) is 0 Å². The van der Waals surface area contributed by atoms with Gasteiger partial charge in [-0.2, -0.15) is 13.2 Å². The molecule has 0 unspecified atom stereocenters. The van der Waals surface area contributed by atoms with Crippen molar-refractivity contribution in [2.75, 3.05) is 0 Å². The monoisotopic (exact) mass is 257 g/mol. The third kappa shape index (κ3) is 2.37. The van der Waals surface area contributed by atoms with Crippen LogP contribution in [0.2, 0.25) is 0 Å². The summed E-state index contributed by atoms with van der Waals surface area (Å²) in [6.07, 6.45) is -4.29. The summed E-state index contributed by atoms with van der Waals surface area (Å²) < 4.78 is 36.3. The van der Waals surface area contributed by atoms with E-state index in [0.717, 1.165) is 5.56 Å². The molecular weight excluding hydrogens is 247 g/mol. The number of aryl methyl sites for hydroxylation is 1. The minimum Gasteiger partial charge on any atom is -0.338 e. The van der Waals surface area contributed by atoms with Gasteiger partial charge in [-0.05, 0) is 18.4 Å². The van der Waals surface area contributed by atoms with Crippen LogP contribution in [0, 0.1) is 0 Å². The van der Waals surface area contributed by atoms with Crippen LogP contribution in [-0.2, 0) is 11.2 Å². The molecule has 1 aromatic carbocycles. The summed E-state index contributed by atoms with van der Waals surface area (Å²) in [5.41, 5.74) is 1.19. The number of hydrogen-bond donors (Lipinski definition) is 1. The topological polar surface area (TPSA) is 46.2 Å². The average molecular weight is 257 g/mol. The molecule has 0 saturated heterocycles. The molecule has 1 atom stereocenters. The van der Waals surface area contributed by atoms with E-state index in [-0.39, 0.29) is 6.42 Å².